The van der Waals surface area contributed by atoms with Crippen molar-refractivity contribution in [3.63, 3.8) is 0 Å². The highest BCUT2D eigenvalue weighted by atomic mass is 35.5. The van der Waals surface area contributed by atoms with Crippen LogP contribution < -0.4 is 20.9 Å². The van der Waals surface area contributed by atoms with Gasteiger partial charge >= 0.3 is 0 Å². The zero-order chi connectivity index (χ0) is 29.1. The maximum absolute atomic E-state index is 13.0. The Kier molecular flexibility index (Phi) is 11.9. The molecule has 214 valence electrons. The Labute approximate surface area is 245 Å². The summed E-state index contributed by atoms with van der Waals surface area (Å²) in [7, 11) is 5.67. The fourth-order valence-electron chi connectivity index (χ4n) is 4.10. The molecule has 0 radical (unpaired) electrons. The number of halogens is 2. The maximum atomic E-state index is 13.0. The lowest BCUT2D eigenvalue weighted by atomic mass is 10.2. The first-order chi connectivity index (χ1) is 19.2. The SMILES string of the molecule is CN(C)CCCC(=O)Nc1ccc(C(=O)Nc2cc(C(=O)Nc3cccc(N(CCCl)CCCl)c3)n(C)c2)cc1. The zero-order valence-corrected chi connectivity index (χ0v) is 24.6. The third-order valence-corrected chi connectivity index (χ3v) is 6.45. The van der Waals surface area contributed by atoms with Crippen LogP contribution in [0.1, 0.15) is 33.7 Å². The molecule has 9 nitrogen and oxygen atoms in total. The van der Waals surface area contributed by atoms with Crippen LogP contribution in [0.3, 0.4) is 0 Å². The predicted octanol–water partition coefficient (Wildman–Crippen LogP) is 5.09. The van der Waals surface area contributed by atoms with Gasteiger partial charge in [-0.15, -0.1) is 23.2 Å². The number of alkyl halides is 2. The Morgan fingerprint density at radius 2 is 1.48 bits per heavy atom. The van der Waals surface area contributed by atoms with Gasteiger partial charge in [0, 0.05) is 67.1 Å². The Morgan fingerprint density at radius 1 is 0.800 bits per heavy atom. The van der Waals surface area contributed by atoms with Crippen LogP contribution in [0.5, 0.6) is 0 Å². The lowest BCUT2D eigenvalue weighted by Crippen LogP contribution is -2.27. The van der Waals surface area contributed by atoms with E-state index in [0.29, 0.717) is 59.6 Å². The van der Waals surface area contributed by atoms with Crippen LogP contribution in [-0.4, -0.2) is 72.7 Å². The summed E-state index contributed by atoms with van der Waals surface area (Å²) in [5.41, 5.74) is 3.46. The van der Waals surface area contributed by atoms with Gasteiger partial charge in [0.2, 0.25) is 5.91 Å². The average Bonchev–Trinajstić information content (AvgIpc) is 3.28. The van der Waals surface area contributed by atoms with E-state index in [9.17, 15) is 14.4 Å². The third-order valence-electron chi connectivity index (χ3n) is 6.11. The molecule has 0 aliphatic rings. The second kappa shape index (κ2) is 15.3. The van der Waals surface area contributed by atoms with Gasteiger partial charge in [-0.25, -0.2) is 0 Å². The van der Waals surface area contributed by atoms with Crippen molar-refractivity contribution in [2.45, 2.75) is 12.8 Å². The molecular formula is C29H36Cl2N6O3. The number of hydrogen-bond acceptors (Lipinski definition) is 5. The molecule has 0 fully saturated rings. The average molecular weight is 588 g/mol. The summed E-state index contributed by atoms with van der Waals surface area (Å²) < 4.78 is 1.65. The summed E-state index contributed by atoms with van der Waals surface area (Å²) >= 11 is 11.9. The first-order valence-corrected chi connectivity index (χ1v) is 14.1. The van der Waals surface area contributed by atoms with Crippen molar-refractivity contribution in [3.8, 4) is 0 Å². The minimum atomic E-state index is -0.326. The van der Waals surface area contributed by atoms with Gasteiger partial charge in [0.25, 0.3) is 11.8 Å². The van der Waals surface area contributed by atoms with E-state index in [1.54, 1.807) is 48.1 Å². The molecule has 1 heterocycles. The Hall–Kier alpha value is -3.53. The van der Waals surface area contributed by atoms with E-state index in [1.807, 2.05) is 43.3 Å². The van der Waals surface area contributed by atoms with Gasteiger partial charge < -0.3 is 30.3 Å². The van der Waals surface area contributed by atoms with Crippen LogP contribution in [-0.2, 0) is 11.8 Å². The fraction of sp³-hybridized carbons (Fsp3) is 0.345. The van der Waals surface area contributed by atoms with Gasteiger partial charge in [-0.1, -0.05) is 6.07 Å². The molecule has 0 spiro atoms. The number of nitrogens with one attached hydrogen (secondary N) is 3. The van der Waals surface area contributed by atoms with Crippen molar-refractivity contribution >= 4 is 63.7 Å². The van der Waals surface area contributed by atoms with E-state index in [4.69, 9.17) is 23.2 Å². The van der Waals surface area contributed by atoms with Crippen molar-refractivity contribution in [2.75, 3.05) is 66.3 Å². The monoisotopic (exact) mass is 586 g/mol. The summed E-state index contributed by atoms with van der Waals surface area (Å²) in [5, 5.41) is 8.59. The van der Waals surface area contributed by atoms with Crippen molar-refractivity contribution in [2.24, 2.45) is 7.05 Å². The molecule has 2 aromatic carbocycles. The van der Waals surface area contributed by atoms with Gasteiger partial charge in [-0.3, -0.25) is 14.4 Å². The van der Waals surface area contributed by atoms with E-state index < -0.39 is 0 Å². The molecule has 3 aromatic rings. The summed E-state index contributed by atoms with van der Waals surface area (Å²) in [6.45, 7) is 2.12. The number of carbonyl (C=O) groups excluding carboxylic acids is 3. The molecule has 3 N–H and O–H groups in total. The molecule has 0 aliphatic carbocycles. The van der Waals surface area contributed by atoms with Gasteiger partial charge in [-0.05, 0) is 75.6 Å². The summed E-state index contributed by atoms with van der Waals surface area (Å²) in [6.07, 6.45) is 2.87. The highest BCUT2D eigenvalue weighted by molar-refractivity contribution is 6.18. The number of anilines is 4. The molecule has 11 heteroatoms. The van der Waals surface area contributed by atoms with E-state index in [2.05, 4.69) is 20.9 Å². The van der Waals surface area contributed by atoms with Crippen LogP contribution >= 0.6 is 23.2 Å². The van der Waals surface area contributed by atoms with E-state index in [1.165, 1.54) is 0 Å². The molecule has 40 heavy (non-hydrogen) atoms. The number of carbonyl (C=O) groups is 3. The number of amides is 3. The van der Waals surface area contributed by atoms with Crippen molar-refractivity contribution in [3.05, 3.63) is 72.1 Å². The number of nitrogens with zero attached hydrogens (tertiary/aromatic N) is 3. The highest BCUT2D eigenvalue weighted by Gasteiger charge is 2.15. The minimum Gasteiger partial charge on any atom is -0.369 e. The summed E-state index contributed by atoms with van der Waals surface area (Å²) in [6, 6.07) is 15.8. The molecule has 0 saturated heterocycles. The topological polar surface area (TPSA) is 98.7 Å². The molecule has 3 rings (SSSR count). The molecule has 0 unspecified atom stereocenters. The normalized spacial score (nSPS) is 10.8. The van der Waals surface area contributed by atoms with Crippen LogP contribution in [0.4, 0.5) is 22.7 Å². The molecule has 0 aliphatic heterocycles. The predicted molar refractivity (Wildman–Crippen MR) is 164 cm³/mol. The molecular weight excluding hydrogens is 551 g/mol. The first kappa shape index (κ1) is 31.0. The molecule has 1 aromatic heterocycles. The quantitative estimate of drug-likeness (QED) is 0.228. The number of rotatable bonds is 14. The van der Waals surface area contributed by atoms with Gasteiger partial charge in [0.15, 0.2) is 0 Å². The van der Waals surface area contributed by atoms with Crippen LogP contribution in [0.2, 0.25) is 0 Å². The third kappa shape index (κ3) is 9.29. The Morgan fingerprint density at radius 3 is 2.12 bits per heavy atom. The Balaban J connectivity index is 1.59. The number of aryl methyl sites for hydroxylation is 1. The van der Waals surface area contributed by atoms with E-state index in [0.717, 1.165) is 18.7 Å². The molecule has 0 saturated carbocycles. The van der Waals surface area contributed by atoms with Crippen LogP contribution in [0.25, 0.3) is 0 Å². The first-order valence-electron chi connectivity index (χ1n) is 13.0. The number of aromatic nitrogens is 1. The van der Waals surface area contributed by atoms with Crippen molar-refractivity contribution in [1.82, 2.24) is 9.47 Å². The van der Waals surface area contributed by atoms with E-state index >= 15 is 0 Å². The standard InChI is InChI=1S/C29H36Cl2N6O3/c1-35(2)15-5-8-27(38)32-22-11-9-21(10-12-22)28(39)34-24-19-26(36(3)20-24)29(40)33-23-6-4-7-25(18-23)37(16-13-30)17-14-31/h4,6-7,9-12,18-20H,5,8,13-17H2,1-3H3,(H,32,38)(H,33,40)(H,34,39). The largest absolute Gasteiger partial charge is 0.369 e. The Bertz CT molecular complexity index is 1290. The van der Waals surface area contributed by atoms with Crippen molar-refractivity contribution < 1.29 is 14.4 Å². The second-order valence-corrected chi connectivity index (χ2v) is 10.3. The molecule has 0 bridgehead atoms. The van der Waals surface area contributed by atoms with Gasteiger partial charge in [0.05, 0.1) is 5.69 Å². The summed E-state index contributed by atoms with van der Waals surface area (Å²) in [5.74, 6) is 0.218. The lowest BCUT2D eigenvalue weighted by Gasteiger charge is -2.23. The van der Waals surface area contributed by atoms with Gasteiger partial charge in [-0.2, -0.15) is 0 Å². The van der Waals surface area contributed by atoms with Gasteiger partial charge in [0.1, 0.15) is 5.69 Å². The van der Waals surface area contributed by atoms with Crippen LogP contribution in [0, 0.1) is 0 Å². The summed E-state index contributed by atoms with van der Waals surface area (Å²) in [4.78, 5) is 42.0. The fourth-order valence-corrected chi connectivity index (χ4v) is 4.50. The van der Waals surface area contributed by atoms with Crippen LogP contribution in [0.15, 0.2) is 60.8 Å². The number of hydrogen-bond donors (Lipinski definition) is 3. The number of benzene rings is 2. The maximum Gasteiger partial charge on any atom is 0.272 e. The lowest BCUT2D eigenvalue weighted by molar-refractivity contribution is -0.116. The second-order valence-electron chi connectivity index (χ2n) is 9.58. The molecule has 3 amide bonds. The van der Waals surface area contributed by atoms with E-state index in [-0.39, 0.29) is 17.7 Å². The smallest absolute Gasteiger partial charge is 0.272 e. The molecule has 0 atom stereocenters. The van der Waals surface area contributed by atoms with Crippen molar-refractivity contribution in [1.29, 1.82) is 0 Å². The zero-order valence-electron chi connectivity index (χ0n) is 23.0. The minimum absolute atomic E-state index is 0.0660. The highest BCUT2D eigenvalue weighted by Crippen LogP contribution is 2.22.